The Morgan fingerprint density at radius 1 is 1.07 bits per heavy atom. The second-order valence-corrected chi connectivity index (χ2v) is 7.81. The summed E-state index contributed by atoms with van der Waals surface area (Å²) in [5.74, 6) is -0.385. The number of benzene rings is 1. The highest BCUT2D eigenvalue weighted by atomic mass is 16.2. The zero-order valence-electron chi connectivity index (χ0n) is 15.7. The number of hydrogen-bond donors (Lipinski definition) is 2. The summed E-state index contributed by atoms with van der Waals surface area (Å²) in [7, 11) is 0. The van der Waals surface area contributed by atoms with Gasteiger partial charge in [-0.3, -0.25) is 9.59 Å². The third-order valence-electron chi connectivity index (χ3n) is 5.78. The number of nitrogens with one attached hydrogen (secondary N) is 2. The summed E-state index contributed by atoms with van der Waals surface area (Å²) in [4.78, 5) is 30.0. The van der Waals surface area contributed by atoms with E-state index in [1.54, 1.807) is 6.07 Å². The highest BCUT2D eigenvalue weighted by molar-refractivity contribution is 5.95. The van der Waals surface area contributed by atoms with Crippen LogP contribution in [0.5, 0.6) is 0 Å². The van der Waals surface area contributed by atoms with Gasteiger partial charge in [0.25, 0.3) is 5.91 Å². The van der Waals surface area contributed by atoms with Crippen molar-refractivity contribution in [1.29, 1.82) is 5.26 Å². The molecule has 1 heterocycles. The molecule has 0 aliphatic heterocycles. The topological polar surface area (TPSA) is 94.9 Å². The quantitative estimate of drug-likeness (QED) is 0.839. The lowest BCUT2D eigenvalue weighted by Gasteiger charge is -2.31. The average molecular weight is 376 g/mol. The lowest BCUT2D eigenvalue weighted by molar-refractivity contribution is -0.127. The average Bonchev–Trinajstić information content (AvgIpc) is 3.57. The van der Waals surface area contributed by atoms with Crippen molar-refractivity contribution in [3.63, 3.8) is 0 Å². The van der Waals surface area contributed by atoms with Crippen LogP contribution < -0.4 is 10.6 Å². The van der Waals surface area contributed by atoms with Crippen molar-refractivity contribution in [2.45, 2.75) is 50.6 Å². The molecule has 4 rings (SSSR count). The second-order valence-electron chi connectivity index (χ2n) is 7.81. The van der Waals surface area contributed by atoms with Crippen LogP contribution in [0.15, 0.2) is 36.4 Å². The van der Waals surface area contributed by atoms with E-state index < -0.39 is 6.04 Å². The largest absolute Gasteiger partial charge is 0.347 e. The van der Waals surface area contributed by atoms with E-state index in [4.69, 9.17) is 0 Å². The Hall–Kier alpha value is -2.94. The minimum absolute atomic E-state index is 0.116. The summed E-state index contributed by atoms with van der Waals surface area (Å²) in [6.45, 7) is 0. The molecule has 0 bridgehead atoms. The first-order valence-electron chi connectivity index (χ1n) is 10.0. The van der Waals surface area contributed by atoms with E-state index in [0.717, 1.165) is 49.4 Å². The number of nitriles is 1. The lowest BCUT2D eigenvalue weighted by atomic mass is 9.83. The molecular formula is C22H24N4O2. The minimum Gasteiger partial charge on any atom is -0.347 e. The van der Waals surface area contributed by atoms with Crippen molar-refractivity contribution < 1.29 is 9.59 Å². The molecule has 144 valence electrons. The van der Waals surface area contributed by atoms with Gasteiger partial charge in [0.2, 0.25) is 5.91 Å². The monoisotopic (exact) mass is 376 g/mol. The van der Waals surface area contributed by atoms with Gasteiger partial charge in [0.05, 0.1) is 17.5 Å². The molecule has 2 N–H and O–H groups in total. The molecule has 0 radical (unpaired) electrons. The van der Waals surface area contributed by atoms with Gasteiger partial charge in [-0.1, -0.05) is 37.1 Å². The number of pyridine rings is 1. The predicted molar refractivity (Wildman–Crippen MR) is 105 cm³/mol. The molecule has 1 aromatic heterocycles. The Labute approximate surface area is 164 Å². The SMILES string of the molecule is N#CC(NC(=O)C1CCCCC1NC(=O)c1ccc2ccccc2n1)C1CC1. The van der Waals surface area contributed by atoms with E-state index in [-0.39, 0.29) is 29.7 Å². The van der Waals surface area contributed by atoms with Crippen molar-refractivity contribution in [2.24, 2.45) is 11.8 Å². The maximum absolute atomic E-state index is 12.8. The van der Waals surface area contributed by atoms with Crippen molar-refractivity contribution in [1.82, 2.24) is 15.6 Å². The fourth-order valence-electron chi connectivity index (χ4n) is 4.00. The van der Waals surface area contributed by atoms with E-state index >= 15 is 0 Å². The maximum atomic E-state index is 12.8. The molecule has 2 aromatic rings. The first-order valence-corrected chi connectivity index (χ1v) is 10.0. The zero-order chi connectivity index (χ0) is 19.5. The second kappa shape index (κ2) is 7.97. The lowest BCUT2D eigenvalue weighted by Crippen LogP contribution is -2.50. The number of nitrogens with zero attached hydrogens (tertiary/aromatic N) is 2. The van der Waals surface area contributed by atoms with Crippen LogP contribution in [-0.2, 0) is 4.79 Å². The highest BCUT2D eigenvalue weighted by Crippen LogP contribution is 2.33. The molecule has 3 atom stereocenters. The molecule has 28 heavy (non-hydrogen) atoms. The van der Waals surface area contributed by atoms with Crippen molar-refractivity contribution >= 4 is 22.7 Å². The molecule has 6 heteroatoms. The summed E-state index contributed by atoms with van der Waals surface area (Å²) in [5.41, 5.74) is 1.13. The molecule has 0 saturated heterocycles. The van der Waals surface area contributed by atoms with Crippen molar-refractivity contribution in [3.05, 3.63) is 42.1 Å². The maximum Gasteiger partial charge on any atom is 0.270 e. The third-order valence-corrected chi connectivity index (χ3v) is 5.78. The molecule has 3 unspecified atom stereocenters. The van der Waals surface area contributed by atoms with E-state index in [1.807, 2.05) is 30.3 Å². The molecule has 2 aliphatic rings. The Bertz CT molecular complexity index is 932. The Kier molecular flexibility index (Phi) is 5.25. The zero-order valence-corrected chi connectivity index (χ0v) is 15.7. The van der Waals surface area contributed by atoms with Crippen LogP contribution in [0.3, 0.4) is 0 Å². The van der Waals surface area contributed by atoms with E-state index in [1.165, 1.54) is 0 Å². The summed E-state index contributed by atoms with van der Waals surface area (Å²) in [5, 5.41) is 16.2. The molecular weight excluding hydrogens is 352 g/mol. The van der Waals surface area contributed by atoms with Gasteiger partial charge < -0.3 is 10.6 Å². The molecule has 0 spiro atoms. The van der Waals surface area contributed by atoms with Crippen molar-refractivity contribution in [3.8, 4) is 6.07 Å². The van der Waals surface area contributed by atoms with Gasteiger partial charge >= 0.3 is 0 Å². The highest BCUT2D eigenvalue weighted by Gasteiger charge is 2.37. The van der Waals surface area contributed by atoms with Crippen LogP contribution in [0.1, 0.15) is 49.0 Å². The van der Waals surface area contributed by atoms with Crippen LogP contribution in [0.25, 0.3) is 10.9 Å². The number of carbonyl (C=O) groups excluding carboxylic acids is 2. The molecule has 6 nitrogen and oxygen atoms in total. The standard InChI is InChI=1S/C22H24N4O2/c23-13-20(15-9-10-15)26-21(27)16-6-2-4-8-18(16)25-22(28)19-12-11-14-5-1-3-7-17(14)24-19/h1,3,5,7,11-12,15-16,18,20H,2,4,6,8-10H2,(H,25,28)(H,26,27). The van der Waals surface area contributed by atoms with Gasteiger partial charge in [-0.2, -0.15) is 5.26 Å². The minimum atomic E-state index is -0.409. The first-order chi connectivity index (χ1) is 13.7. The summed E-state index contributed by atoms with van der Waals surface area (Å²) in [6.07, 6.45) is 5.42. The number of carbonyl (C=O) groups is 2. The third kappa shape index (κ3) is 3.99. The van der Waals surface area contributed by atoms with Gasteiger partial charge in [-0.05, 0) is 43.7 Å². The Morgan fingerprint density at radius 2 is 1.86 bits per heavy atom. The van der Waals surface area contributed by atoms with Gasteiger partial charge in [0, 0.05) is 11.4 Å². The summed E-state index contributed by atoms with van der Waals surface area (Å²) >= 11 is 0. The number of para-hydroxylation sites is 1. The van der Waals surface area contributed by atoms with Crippen LogP contribution in [0.4, 0.5) is 0 Å². The fraction of sp³-hybridized carbons (Fsp3) is 0.455. The van der Waals surface area contributed by atoms with E-state index in [9.17, 15) is 14.9 Å². The van der Waals surface area contributed by atoms with Crippen LogP contribution in [0, 0.1) is 23.2 Å². The normalized spacial score (nSPS) is 22.8. The van der Waals surface area contributed by atoms with Gasteiger partial charge in [0.15, 0.2) is 0 Å². The molecule has 2 amide bonds. The van der Waals surface area contributed by atoms with Gasteiger partial charge in [-0.25, -0.2) is 4.98 Å². The molecule has 2 saturated carbocycles. The molecule has 2 aliphatic carbocycles. The Morgan fingerprint density at radius 3 is 2.64 bits per heavy atom. The number of fused-ring (bicyclic) bond motifs is 1. The Balaban J connectivity index is 1.45. The molecule has 1 aromatic carbocycles. The number of aromatic nitrogens is 1. The van der Waals surface area contributed by atoms with Gasteiger partial charge in [-0.15, -0.1) is 0 Å². The fourth-order valence-corrected chi connectivity index (χ4v) is 4.00. The van der Waals surface area contributed by atoms with Crippen LogP contribution in [-0.4, -0.2) is 28.9 Å². The van der Waals surface area contributed by atoms with Crippen LogP contribution in [0.2, 0.25) is 0 Å². The first kappa shape index (κ1) is 18.4. The van der Waals surface area contributed by atoms with Gasteiger partial charge in [0.1, 0.15) is 11.7 Å². The molecule has 2 fully saturated rings. The number of hydrogen-bond acceptors (Lipinski definition) is 4. The van der Waals surface area contributed by atoms with Crippen LogP contribution >= 0.6 is 0 Å². The van der Waals surface area contributed by atoms with Crippen molar-refractivity contribution in [2.75, 3.05) is 0 Å². The number of amides is 2. The predicted octanol–water partition coefficient (Wildman–Crippen LogP) is 2.94. The smallest absolute Gasteiger partial charge is 0.270 e. The summed E-state index contributed by atoms with van der Waals surface area (Å²) < 4.78 is 0. The van der Waals surface area contributed by atoms with E-state index in [0.29, 0.717) is 5.69 Å². The summed E-state index contributed by atoms with van der Waals surface area (Å²) in [6, 6.07) is 12.8. The van der Waals surface area contributed by atoms with E-state index in [2.05, 4.69) is 21.7 Å². The number of rotatable bonds is 5.